The number of hydrogen-bond donors (Lipinski definition) is 1. The van der Waals surface area contributed by atoms with Crippen LogP contribution >= 0.6 is 0 Å². The zero-order chi connectivity index (χ0) is 15.2. The van der Waals surface area contributed by atoms with Crippen molar-refractivity contribution in [3.63, 3.8) is 0 Å². The number of benzene rings is 1. The highest BCUT2D eigenvalue weighted by atomic mass is 16.5. The number of nitrogens with zero attached hydrogens (tertiary/aromatic N) is 1. The van der Waals surface area contributed by atoms with E-state index in [4.69, 9.17) is 10.5 Å². The average Bonchev–Trinajstić information content (AvgIpc) is 2.99. The topological polar surface area (TPSA) is 55.6 Å². The minimum Gasteiger partial charge on any atom is -0.376 e. The molecule has 0 bridgehead atoms. The number of ether oxygens (including phenoxy) is 1. The van der Waals surface area contributed by atoms with Crippen LogP contribution in [0.5, 0.6) is 0 Å². The van der Waals surface area contributed by atoms with Crippen molar-refractivity contribution < 1.29 is 9.53 Å². The predicted molar refractivity (Wildman–Crippen MR) is 83.6 cm³/mol. The third-order valence-electron chi connectivity index (χ3n) is 4.15. The Morgan fingerprint density at radius 1 is 1.38 bits per heavy atom. The molecule has 0 aromatic heterocycles. The molecule has 4 nitrogen and oxygen atoms in total. The Morgan fingerprint density at radius 2 is 2.10 bits per heavy atom. The molecular formula is C17H26N2O2. The summed E-state index contributed by atoms with van der Waals surface area (Å²) in [5, 5.41) is 0. The van der Waals surface area contributed by atoms with Crippen LogP contribution in [-0.4, -0.2) is 36.1 Å². The maximum absolute atomic E-state index is 12.7. The van der Waals surface area contributed by atoms with E-state index < -0.39 is 0 Å². The maximum Gasteiger partial charge on any atom is 0.227 e. The van der Waals surface area contributed by atoms with Gasteiger partial charge in [-0.05, 0) is 25.3 Å². The lowest BCUT2D eigenvalue weighted by molar-refractivity contribution is -0.137. The van der Waals surface area contributed by atoms with Crippen LogP contribution < -0.4 is 5.73 Å². The van der Waals surface area contributed by atoms with E-state index in [0.29, 0.717) is 13.1 Å². The molecule has 1 saturated heterocycles. The van der Waals surface area contributed by atoms with Gasteiger partial charge in [-0.3, -0.25) is 4.79 Å². The van der Waals surface area contributed by atoms with E-state index in [1.165, 1.54) is 0 Å². The Kier molecular flexibility index (Phi) is 5.76. The highest BCUT2D eigenvalue weighted by Crippen LogP contribution is 2.17. The average molecular weight is 290 g/mol. The number of hydrogen-bond acceptors (Lipinski definition) is 3. The van der Waals surface area contributed by atoms with Crippen LogP contribution in [0.2, 0.25) is 0 Å². The predicted octanol–water partition coefficient (Wildman–Crippen LogP) is 2.18. The van der Waals surface area contributed by atoms with Crippen molar-refractivity contribution in [3.8, 4) is 0 Å². The van der Waals surface area contributed by atoms with E-state index in [0.717, 1.165) is 25.0 Å². The molecule has 1 aromatic rings. The summed E-state index contributed by atoms with van der Waals surface area (Å²) in [6, 6.07) is 9.94. The third kappa shape index (κ3) is 4.55. The lowest BCUT2D eigenvalue weighted by Gasteiger charge is -2.29. The van der Waals surface area contributed by atoms with Crippen molar-refractivity contribution in [2.24, 2.45) is 11.7 Å². The normalized spacial score (nSPS) is 21.0. The molecule has 1 aliphatic heterocycles. The van der Waals surface area contributed by atoms with E-state index in [1.54, 1.807) is 0 Å². The Morgan fingerprint density at radius 3 is 2.67 bits per heavy atom. The molecule has 2 N–H and O–H groups in total. The molecule has 3 atom stereocenters. The van der Waals surface area contributed by atoms with Crippen molar-refractivity contribution in [3.05, 3.63) is 35.9 Å². The molecule has 21 heavy (non-hydrogen) atoms. The second-order valence-electron chi connectivity index (χ2n) is 5.99. The van der Waals surface area contributed by atoms with Gasteiger partial charge in [-0.25, -0.2) is 0 Å². The molecule has 4 heteroatoms. The zero-order valence-corrected chi connectivity index (χ0v) is 13.0. The van der Waals surface area contributed by atoms with Crippen LogP contribution in [0.15, 0.2) is 30.3 Å². The number of carbonyl (C=O) groups is 1. The summed E-state index contributed by atoms with van der Waals surface area (Å²) in [7, 11) is 0. The Bertz CT molecular complexity index is 441. The second kappa shape index (κ2) is 7.57. The number of nitrogens with two attached hydrogens (primary N) is 1. The Labute approximate surface area is 127 Å². The van der Waals surface area contributed by atoms with E-state index in [9.17, 15) is 4.79 Å². The van der Waals surface area contributed by atoms with E-state index in [2.05, 4.69) is 0 Å². The fraction of sp³-hybridized carbons (Fsp3) is 0.588. The summed E-state index contributed by atoms with van der Waals surface area (Å²) in [6.45, 7) is 5.87. The molecule has 0 spiro atoms. The fourth-order valence-electron chi connectivity index (χ4n) is 2.58. The molecule has 1 aliphatic rings. The molecular weight excluding hydrogens is 264 g/mol. The minimum absolute atomic E-state index is 0.115. The quantitative estimate of drug-likeness (QED) is 0.873. The molecule has 0 saturated carbocycles. The van der Waals surface area contributed by atoms with Gasteiger partial charge in [0.25, 0.3) is 0 Å². The number of amides is 1. The van der Waals surface area contributed by atoms with Gasteiger partial charge in [0.15, 0.2) is 0 Å². The van der Waals surface area contributed by atoms with Gasteiger partial charge in [0, 0.05) is 25.7 Å². The highest BCUT2D eigenvalue weighted by molar-refractivity contribution is 5.79. The summed E-state index contributed by atoms with van der Waals surface area (Å²) in [5.74, 6) is -0.0560. The Balaban J connectivity index is 2.07. The first-order chi connectivity index (χ1) is 10.1. The molecule has 2 rings (SSSR count). The lowest BCUT2D eigenvalue weighted by atomic mass is 10.0. The van der Waals surface area contributed by atoms with E-state index >= 15 is 0 Å². The summed E-state index contributed by atoms with van der Waals surface area (Å²) < 4.78 is 5.69. The van der Waals surface area contributed by atoms with Crippen LogP contribution in [0.3, 0.4) is 0 Å². The van der Waals surface area contributed by atoms with Crippen LogP contribution in [0, 0.1) is 5.92 Å². The summed E-state index contributed by atoms with van der Waals surface area (Å²) in [5.41, 5.74) is 7.04. The van der Waals surface area contributed by atoms with Crippen molar-refractivity contribution >= 4 is 5.91 Å². The first-order valence-electron chi connectivity index (χ1n) is 7.78. The fourth-order valence-corrected chi connectivity index (χ4v) is 2.58. The monoisotopic (exact) mass is 290 g/mol. The molecule has 1 amide bonds. The van der Waals surface area contributed by atoms with Gasteiger partial charge in [0.05, 0.1) is 12.0 Å². The minimum atomic E-state index is -0.171. The SMILES string of the molecule is CC(N)C(C)C(=O)N(Cc1ccccc1)CC1CCCO1. The van der Waals surface area contributed by atoms with Crippen molar-refractivity contribution in [1.29, 1.82) is 0 Å². The van der Waals surface area contributed by atoms with Crippen LogP contribution in [0.1, 0.15) is 32.3 Å². The zero-order valence-electron chi connectivity index (χ0n) is 13.0. The van der Waals surface area contributed by atoms with Crippen LogP contribution in [0.4, 0.5) is 0 Å². The van der Waals surface area contributed by atoms with E-state index in [-0.39, 0.29) is 24.0 Å². The Hall–Kier alpha value is -1.39. The van der Waals surface area contributed by atoms with Gasteiger partial charge in [-0.15, -0.1) is 0 Å². The van der Waals surface area contributed by atoms with Crippen molar-refractivity contribution in [1.82, 2.24) is 4.90 Å². The molecule has 0 aliphatic carbocycles. The molecule has 116 valence electrons. The molecule has 1 aromatic carbocycles. The smallest absolute Gasteiger partial charge is 0.227 e. The molecule has 1 heterocycles. The lowest BCUT2D eigenvalue weighted by Crippen LogP contribution is -2.44. The third-order valence-corrected chi connectivity index (χ3v) is 4.15. The van der Waals surface area contributed by atoms with Crippen LogP contribution in [0.25, 0.3) is 0 Å². The highest BCUT2D eigenvalue weighted by Gasteiger charge is 2.27. The van der Waals surface area contributed by atoms with Gasteiger partial charge in [0.1, 0.15) is 0 Å². The number of rotatable bonds is 6. The van der Waals surface area contributed by atoms with Gasteiger partial charge in [0.2, 0.25) is 5.91 Å². The van der Waals surface area contributed by atoms with Gasteiger partial charge in [-0.1, -0.05) is 37.3 Å². The van der Waals surface area contributed by atoms with Gasteiger partial charge in [-0.2, -0.15) is 0 Å². The first kappa shape index (κ1) is 16.0. The van der Waals surface area contributed by atoms with Crippen molar-refractivity contribution in [2.75, 3.05) is 13.2 Å². The second-order valence-corrected chi connectivity index (χ2v) is 5.99. The van der Waals surface area contributed by atoms with Gasteiger partial charge < -0.3 is 15.4 Å². The molecule has 0 radical (unpaired) electrons. The summed E-state index contributed by atoms with van der Waals surface area (Å²) in [6.07, 6.45) is 2.28. The van der Waals surface area contributed by atoms with E-state index in [1.807, 2.05) is 49.1 Å². The van der Waals surface area contributed by atoms with Gasteiger partial charge >= 0.3 is 0 Å². The number of carbonyl (C=O) groups excluding carboxylic acids is 1. The van der Waals surface area contributed by atoms with Crippen molar-refractivity contribution in [2.45, 2.75) is 45.4 Å². The molecule has 3 unspecified atom stereocenters. The molecule has 1 fully saturated rings. The largest absolute Gasteiger partial charge is 0.376 e. The van der Waals surface area contributed by atoms with Crippen LogP contribution in [-0.2, 0) is 16.1 Å². The first-order valence-corrected chi connectivity index (χ1v) is 7.78. The maximum atomic E-state index is 12.7. The summed E-state index contributed by atoms with van der Waals surface area (Å²) >= 11 is 0. The standard InChI is InChI=1S/C17H26N2O2/c1-13(14(2)18)17(20)19(12-16-9-6-10-21-16)11-15-7-4-3-5-8-15/h3-5,7-8,13-14,16H,6,9-12,18H2,1-2H3. The summed E-state index contributed by atoms with van der Waals surface area (Å²) in [4.78, 5) is 14.6.